The lowest BCUT2D eigenvalue weighted by Gasteiger charge is -2.60. The Balaban J connectivity index is 1.72. The third-order valence-corrected chi connectivity index (χ3v) is 5.20. The van der Waals surface area contributed by atoms with Crippen molar-refractivity contribution in [1.82, 2.24) is 5.32 Å². The number of rotatable bonds is 3. The van der Waals surface area contributed by atoms with Crippen LogP contribution < -0.4 is 5.32 Å². The number of benzene rings is 1. The summed E-state index contributed by atoms with van der Waals surface area (Å²) in [7, 11) is 0. The summed E-state index contributed by atoms with van der Waals surface area (Å²) in [6.07, 6.45) is 2.60. The van der Waals surface area contributed by atoms with E-state index in [0.717, 1.165) is 18.6 Å². The Morgan fingerprint density at radius 3 is 2.76 bits per heavy atom. The fraction of sp³-hybridized carbons (Fsp3) is 0.647. The summed E-state index contributed by atoms with van der Waals surface area (Å²) in [5.41, 5.74) is 0.864. The summed E-state index contributed by atoms with van der Waals surface area (Å²) in [5.74, 6) is -1.05. The van der Waals surface area contributed by atoms with Crippen molar-refractivity contribution in [2.24, 2.45) is 11.3 Å². The van der Waals surface area contributed by atoms with Gasteiger partial charge in [0.2, 0.25) is 0 Å². The van der Waals surface area contributed by atoms with Crippen LogP contribution in [0.2, 0.25) is 0 Å². The zero-order valence-electron chi connectivity index (χ0n) is 12.8. The molecule has 4 atom stereocenters. The van der Waals surface area contributed by atoms with Gasteiger partial charge in [0, 0.05) is 30.0 Å². The molecule has 0 radical (unpaired) electrons. The molecule has 1 N–H and O–H groups in total. The zero-order chi connectivity index (χ0) is 15.2. The van der Waals surface area contributed by atoms with Gasteiger partial charge in [-0.2, -0.15) is 0 Å². The van der Waals surface area contributed by atoms with E-state index in [1.165, 1.54) is 18.6 Å². The number of nitrogens with one attached hydrogen (secondary N) is 1. The smallest absolute Gasteiger partial charge is 0.159 e. The Morgan fingerprint density at radius 2 is 2.05 bits per heavy atom. The molecule has 1 aliphatic carbocycles. The van der Waals surface area contributed by atoms with E-state index >= 15 is 0 Å². The van der Waals surface area contributed by atoms with E-state index in [-0.39, 0.29) is 11.5 Å². The Hall–Kier alpha value is -1.00. The summed E-state index contributed by atoms with van der Waals surface area (Å²) >= 11 is 0. The summed E-state index contributed by atoms with van der Waals surface area (Å²) in [4.78, 5) is 0. The van der Waals surface area contributed by atoms with Crippen LogP contribution in [0, 0.1) is 23.0 Å². The van der Waals surface area contributed by atoms with Gasteiger partial charge in [0.1, 0.15) is 0 Å². The predicted octanol–water partition coefficient (Wildman–Crippen LogP) is 3.82. The van der Waals surface area contributed by atoms with E-state index in [4.69, 9.17) is 4.74 Å². The Morgan fingerprint density at radius 1 is 1.29 bits per heavy atom. The summed E-state index contributed by atoms with van der Waals surface area (Å²) in [6.45, 7) is 7.29. The van der Waals surface area contributed by atoms with E-state index in [2.05, 4.69) is 19.2 Å². The lowest BCUT2D eigenvalue weighted by molar-refractivity contribution is -0.194. The largest absolute Gasteiger partial charge is 0.377 e. The maximum atomic E-state index is 13.4. The molecule has 1 saturated carbocycles. The second kappa shape index (κ2) is 5.33. The molecule has 0 aromatic heterocycles. The normalized spacial score (nSPS) is 32.1. The van der Waals surface area contributed by atoms with Gasteiger partial charge in [0.25, 0.3) is 0 Å². The molecule has 1 aromatic carbocycles. The first kappa shape index (κ1) is 14.9. The highest BCUT2D eigenvalue weighted by molar-refractivity contribution is 5.22. The third kappa shape index (κ3) is 2.49. The van der Waals surface area contributed by atoms with Crippen molar-refractivity contribution in [2.45, 2.75) is 51.8 Å². The van der Waals surface area contributed by atoms with Gasteiger partial charge in [-0.1, -0.05) is 19.9 Å². The van der Waals surface area contributed by atoms with Crippen LogP contribution in [0.15, 0.2) is 18.2 Å². The third-order valence-electron chi connectivity index (χ3n) is 5.20. The van der Waals surface area contributed by atoms with Crippen molar-refractivity contribution in [3.63, 3.8) is 0 Å². The monoisotopic (exact) mass is 295 g/mol. The number of hydrogen-bond donors (Lipinski definition) is 1. The Labute approximate surface area is 124 Å². The molecule has 3 rings (SSSR count). The molecule has 0 bridgehead atoms. The molecule has 4 unspecified atom stereocenters. The van der Waals surface area contributed by atoms with Crippen LogP contribution >= 0.6 is 0 Å². The molecule has 4 heteroatoms. The molecule has 2 nitrogen and oxygen atoms in total. The summed E-state index contributed by atoms with van der Waals surface area (Å²) in [6, 6.07) is 4.48. The van der Waals surface area contributed by atoms with Crippen LogP contribution in [-0.4, -0.2) is 18.8 Å². The number of fused-ring (bicyclic) bond motifs is 1. The first-order chi connectivity index (χ1) is 9.91. The molecule has 0 amide bonds. The summed E-state index contributed by atoms with van der Waals surface area (Å²) in [5, 5.41) is 3.60. The van der Waals surface area contributed by atoms with Gasteiger partial charge < -0.3 is 10.1 Å². The second-order valence-electron chi connectivity index (χ2n) is 6.96. The minimum Gasteiger partial charge on any atom is -0.377 e. The van der Waals surface area contributed by atoms with Gasteiger partial charge in [-0.15, -0.1) is 0 Å². The average Bonchev–Trinajstić information content (AvgIpc) is 2.47. The van der Waals surface area contributed by atoms with E-state index < -0.39 is 11.6 Å². The molecule has 0 spiro atoms. The zero-order valence-corrected chi connectivity index (χ0v) is 12.8. The molecule has 1 aliphatic heterocycles. The first-order valence-corrected chi connectivity index (χ1v) is 7.74. The van der Waals surface area contributed by atoms with E-state index in [9.17, 15) is 8.78 Å². The summed E-state index contributed by atoms with van der Waals surface area (Å²) < 4.78 is 32.3. The number of halogens is 2. The SMILES string of the molecule is CC(NC1C2CCCOC2C1(C)C)c1ccc(F)c(F)c1. The number of ether oxygens (including phenoxy) is 1. The maximum absolute atomic E-state index is 13.4. The van der Waals surface area contributed by atoms with Crippen molar-refractivity contribution in [1.29, 1.82) is 0 Å². The highest BCUT2D eigenvalue weighted by Crippen LogP contribution is 2.51. The first-order valence-electron chi connectivity index (χ1n) is 7.74. The maximum Gasteiger partial charge on any atom is 0.159 e. The van der Waals surface area contributed by atoms with Gasteiger partial charge in [0.15, 0.2) is 11.6 Å². The average molecular weight is 295 g/mol. The molecular formula is C17H23F2NO. The van der Waals surface area contributed by atoms with Crippen molar-refractivity contribution >= 4 is 0 Å². The van der Waals surface area contributed by atoms with Crippen LogP contribution in [0.3, 0.4) is 0 Å². The van der Waals surface area contributed by atoms with E-state index in [0.29, 0.717) is 18.1 Å². The predicted molar refractivity (Wildman–Crippen MR) is 77.9 cm³/mol. The number of hydrogen-bond acceptors (Lipinski definition) is 2. The lowest BCUT2D eigenvalue weighted by Crippen LogP contribution is -2.69. The highest BCUT2D eigenvalue weighted by atomic mass is 19.2. The van der Waals surface area contributed by atoms with Crippen molar-refractivity contribution in [3.8, 4) is 0 Å². The Bertz CT molecular complexity index is 532. The fourth-order valence-electron chi connectivity index (χ4n) is 4.01. The van der Waals surface area contributed by atoms with Crippen LogP contribution in [0.5, 0.6) is 0 Å². The molecule has 21 heavy (non-hydrogen) atoms. The second-order valence-corrected chi connectivity index (χ2v) is 6.96. The van der Waals surface area contributed by atoms with E-state index in [1.807, 2.05) is 6.92 Å². The standard InChI is InChI=1S/C17H23F2NO/c1-10(11-6-7-13(18)14(19)9-11)20-15-12-5-4-8-21-16(12)17(15,2)3/h6-7,9-10,12,15-16,20H,4-5,8H2,1-3H3. The lowest BCUT2D eigenvalue weighted by atomic mass is 9.55. The quantitative estimate of drug-likeness (QED) is 0.915. The van der Waals surface area contributed by atoms with Crippen LogP contribution in [0.25, 0.3) is 0 Å². The van der Waals surface area contributed by atoms with Gasteiger partial charge in [-0.3, -0.25) is 0 Å². The topological polar surface area (TPSA) is 21.3 Å². The van der Waals surface area contributed by atoms with Crippen LogP contribution in [0.4, 0.5) is 8.78 Å². The van der Waals surface area contributed by atoms with Crippen molar-refractivity contribution in [2.75, 3.05) is 6.61 Å². The molecule has 1 saturated heterocycles. The van der Waals surface area contributed by atoms with Gasteiger partial charge in [-0.05, 0) is 37.5 Å². The van der Waals surface area contributed by atoms with Gasteiger partial charge in [-0.25, -0.2) is 8.78 Å². The van der Waals surface area contributed by atoms with Crippen LogP contribution in [0.1, 0.15) is 45.2 Å². The fourth-order valence-corrected chi connectivity index (χ4v) is 4.01. The van der Waals surface area contributed by atoms with Crippen molar-refractivity contribution in [3.05, 3.63) is 35.4 Å². The molecule has 2 fully saturated rings. The molecule has 1 heterocycles. The van der Waals surface area contributed by atoms with Gasteiger partial charge in [0.05, 0.1) is 6.10 Å². The molecule has 116 valence electrons. The molecule has 2 aliphatic rings. The molecular weight excluding hydrogens is 272 g/mol. The van der Waals surface area contributed by atoms with E-state index in [1.54, 1.807) is 6.07 Å². The Kier molecular flexibility index (Phi) is 3.78. The minimum atomic E-state index is -0.796. The van der Waals surface area contributed by atoms with Crippen LogP contribution in [-0.2, 0) is 4.74 Å². The van der Waals surface area contributed by atoms with Crippen molar-refractivity contribution < 1.29 is 13.5 Å². The minimum absolute atomic E-state index is 0.00717. The highest BCUT2D eigenvalue weighted by Gasteiger charge is 2.57. The molecule has 1 aromatic rings. The van der Waals surface area contributed by atoms with Gasteiger partial charge >= 0.3 is 0 Å².